The van der Waals surface area contributed by atoms with E-state index in [0.29, 0.717) is 5.41 Å². The molecule has 92 valence electrons. The Morgan fingerprint density at radius 3 is 1.94 bits per heavy atom. The van der Waals surface area contributed by atoms with Gasteiger partial charge in [-0.25, -0.2) is 0 Å². The van der Waals surface area contributed by atoms with Crippen LogP contribution in [0.5, 0.6) is 0 Å². The molecule has 0 aromatic rings. The van der Waals surface area contributed by atoms with E-state index in [4.69, 9.17) is 0 Å². The van der Waals surface area contributed by atoms with E-state index in [1.807, 2.05) is 0 Å². The molecule has 0 radical (unpaired) electrons. The average molecular weight is 221 g/mol. The summed E-state index contributed by atoms with van der Waals surface area (Å²) in [5, 5.41) is 3.83. The molecule has 0 aliphatic heterocycles. The van der Waals surface area contributed by atoms with Crippen LogP contribution in [-0.4, -0.2) is 12.1 Å². The van der Waals surface area contributed by atoms with Crippen LogP contribution >= 0.6 is 0 Å². The molecule has 1 saturated carbocycles. The lowest BCUT2D eigenvalue weighted by Crippen LogP contribution is -2.40. The molecule has 2 aliphatic rings. The van der Waals surface area contributed by atoms with Crippen molar-refractivity contribution in [1.29, 1.82) is 0 Å². The summed E-state index contributed by atoms with van der Waals surface area (Å²) in [6, 6.07) is 1.54. The number of nitrogens with one attached hydrogen (secondary N) is 1. The van der Waals surface area contributed by atoms with Crippen molar-refractivity contribution in [2.75, 3.05) is 0 Å². The van der Waals surface area contributed by atoms with Crippen molar-refractivity contribution in [3.05, 3.63) is 12.2 Å². The minimum absolute atomic E-state index is 0.514. The summed E-state index contributed by atoms with van der Waals surface area (Å²) in [5.41, 5.74) is 0.514. The second-order valence-electron chi connectivity index (χ2n) is 6.72. The smallest absolute Gasteiger partial charge is 0.0139 e. The van der Waals surface area contributed by atoms with Crippen LogP contribution in [0.4, 0.5) is 0 Å². The van der Waals surface area contributed by atoms with Crippen molar-refractivity contribution in [1.82, 2.24) is 5.32 Å². The number of hydrogen-bond acceptors (Lipinski definition) is 1. The molecule has 0 bridgehead atoms. The van der Waals surface area contributed by atoms with Crippen LogP contribution in [0.2, 0.25) is 0 Å². The van der Waals surface area contributed by atoms with Crippen LogP contribution in [-0.2, 0) is 0 Å². The monoisotopic (exact) mass is 221 g/mol. The van der Waals surface area contributed by atoms with Crippen molar-refractivity contribution in [3.63, 3.8) is 0 Å². The van der Waals surface area contributed by atoms with E-state index >= 15 is 0 Å². The first-order valence-corrected chi connectivity index (χ1v) is 6.97. The third kappa shape index (κ3) is 3.10. The summed E-state index contributed by atoms with van der Waals surface area (Å²) in [6.07, 6.45) is 12.7. The van der Waals surface area contributed by atoms with Gasteiger partial charge in [0.25, 0.3) is 0 Å². The molecule has 1 N–H and O–H groups in total. The Kier molecular flexibility index (Phi) is 3.73. The molecule has 0 unspecified atom stereocenters. The van der Waals surface area contributed by atoms with Gasteiger partial charge in [-0.2, -0.15) is 0 Å². The normalized spacial score (nSPS) is 32.2. The van der Waals surface area contributed by atoms with Gasteiger partial charge in [-0.15, -0.1) is 0 Å². The SMILES string of the molecule is CC(C)(C)C1CCC(NC2CC=CC2)CC1. The minimum Gasteiger partial charge on any atom is -0.311 e. The van der Waals surface area contributed by atoms with Gasteiger partial charge in [0, 0.05) is 12.1 Å². The molecule has 0 aromatic carbocycles. The molecule has 0 spiro atoms. The Balaban J connectivity index is 1.73. The van der Waals surface area contributed by atoms with Crippen LogP contribution in [0.3, 0.4) is 0 Å². The minimum atomic E-state index is 0.514. The zero-order valence-electron chi connectivity index (χ0n) is 11.1. The average Bonchev–Trinajstić information content (AvgIpc) is 2.70. The predicted molar refractivity (Wildman–Crippen MR) is 70.5 cm³/mol. The van der Waals surface area contributed by atoms with E-state index in [-0.39, 0.29) is 0 Å². The van der Waals surface area contributed by atoms with Gasteiger partial charge in [0.2, 0.25) is 0 Å². The Bertz CT molecular complexity index is 233. The summed E-state index contributed by atoms with van der Waals surface area (Å²) >= 11 is 0. The van der Waals surface area contributed by atoms with Gasteiger partial charge in [0.05, 0.1) is 0 Å². The van der Waals surface area contributed by atoms with E-state index in [1.54, 1.807) is 0 Å². The molecule has 1 heteroatoms. The molecular formula is C15H27N. The third-order valence-electron chi connectivity index (χ3n) is 4.43. The van der Waals surface area contributed by atoms with Crippen molar-refractivity contribution >= 4 is 0 Å². The van der Waals surface area contributed by atoms with Gasteiger partial charge in [-0.1, -0.05) is 32.9 Å². The van der Waals surface area contributed by atoms with E-state index in [1.165, 1.54) is 38.5 Å². The Morgan fingerprint density at radius 1 is 0.875 bits per heavy atom. The van der Waals surface area contributed by atoms with Crippen LogP contribution in [0.25, 0.3) is 0 Å². The van der Waals surface area contributed by atoms with Crippen molar-refractivity contribution in [2.45, 2.75) is 71.4 Å². The van der Waals surface area contributed by atoms with E-state index in [9.17, 15) is 0 Å². The topological polar surface area (TPSA) is 12.0 Å². The number of rotatable bonds is 2. The van der Waals surface area contributed by atoms with Crippen LogP contribution in [0.15, 0.2) is 12.2 Å². The molecule has 16 heavy (non-hydrogen) atoms. The Labute approximate surface area is 101 Å². The Morgan fingerprint density at radius 2 is 1.44 bits per heavy atom. The maximum absolute atomic E-state index is 3.83. The van der Waals surface area contributed by atoms with Crippen molar-refractivity contribution < 1.29 is 0 Å². The van der Waals surface area contributed by atoms with Crippen LogP contribution in [0.1, 0.15) is 59.3 Å². The highest BCUT2D eigenvalue weighted by molar-refractivity contribution is 4.99. The van der Waals surface area contributed by atoms with Gasteiger partial charge >= 0.3 is 0 Å². The predicted octanol–water partition coefficient (Wildman–Crippen LogP) is 3.90. The largest absolute Gasteiger partial charge is 0.311 e. The zero-order chi connectivity index (χ0) is 11.6. The van der Waals surface area contributed by atoms with Gasteiger partial charge in [0.1, 0.15) is 0 Å². The lowest BCUT2D eigenvalue weighted by atomic mass is 9.71. The molecule has 0 heterocycles. The van der Waals surface area contributed by atoms with Gasteiger partial charge in [-0.05, 0) is 49.9 Å². The summed E-state index contributed by atoms with van der Waals surface area (Å²) in [5.74, 6) is 0.937. The zero-order valence-corrected chi connectivity index (χ0v) is 11.1. The molecule has 2 rings (SSSR count). The quantitative estimate of drug-likeness (QED) is 0.697. The molecule has 1 nitrogen and oxygen atoms in total. The lowest BCUT2D eigenvalue weighted by molar-refractivity contribution is 0.156. The molecule has 0 amide bonds. The van der Waals surface area contributed by atoms with Crippen LogP contribution < -0.4 is 5.32 Å². The summed E-state index contributed by atoms with van der Waals surface area (Å²) in [6.45, 7) is 7.19. The van der Waals surface area contributed by atoms with E-state index in [2.05, 4.69) is 38.2 Å². The van der Waals surface area contributed by atoms with Crippen LogP contribution in [0, 0.1) is 11.3 Å². The molecule has 0 aromatic heterocycles. The van der Waals surface area contributed by atoms with Gasteiger partial charge in [0.15, 0.2) is 0 Å². The lowest BCUT2D eigenvalue weighted by Gasteiger charge is -2.38. The highest BCUT2D eigenvalue weighted by Gasteiger charge is 2.30. The van der Waals surface area contributed by atoms with Gasteiger partial charge in [-0.3, -0.25) is 0 Å². The van der Waals surface area contributed by atoms with E-state index < -0.39 is 0 Å². The fraction of sp³-hybridized carbons (Fsp3) is 0.867. The highest BCUT2D eigenvalue weighted by Crippen LogP contribution is 2.37. The first-order valence-electron chi connectivity index (χ1n) is 6.97. The van der Waals surface area contributed by atoms with Gasteiger partial charge < -0.3 is 5.32 Å². The molecule has 0 saturated heterocycles. The fourth-order valence-electron chi connectivity index (χ4n) is 3.21. The summed E-state index contributed by atoms with van der Waals surface area (Å²) in [4.78, 5) is 0. The summed E-state index contributed by atoms with van der Waals surface area (Å²) in [7, 11) is 0. The Hall–Kier alpha value is -0.300. The first kappa shape index (κ1) is 12.2. The molecular weight excluding hydrogens is 194 g/mol. The third-order valence-corrected chi connectivity index (χ3v) is 4.43. The molecule has 1 fully saturated rings. The second kappa shape index (κ2) is 4.91. The first-order chi connectivity index (χ1) is 7.55. The van der Waals surface area contributed by atoms with E-state index in [0.717, 1.165) is 18.0 Å². The number of hydrogen-bond donors (Lipinski definition) is 1. The van der Waals surface area contributed by atoms with Crippen molar-refractivity contribution in [2.24, 2.45) is 11.3 Å². The van der Waals surface area contributed by atoms with Crippen molar-refractivity contribution in [3.8, 4) is 0 Å². The fourth-order valence-corrected chi connectivity index (χ4v) is 3.21. The second-order valence-corrected chi connectivity index (χ2v) is 6.72. The highest BCUT2D eigenvalue weighted by atomic mass is 15.0. The standard InChI is InChI=1S/C15H27N/c1-15(2,3)12-8-10-14(11-9-12)16-13-6-4-5-7-13/h4-5,12-14,16H,6-11H2,1-3H3. The maximum Gasteiger partial charge on any atom is 0.0139 e. The molecule has 0 atom stereocenters. The summed E-state index contributed by atoms with van der Waals surface area (Å²) < 4.78 is 0. The maximum atomic E-state index is 3.83. The molecule has 2 aliphatic carbocycles.